The summed E-state index contributed by atoms with van der Waals surface area (Å²) in [5, 5.41) is 0. The Balaban J connectivity index is 0. The van der Waals surface area contributed by atoms with Crippen molar-refractivity contribution in [3.8, 4) is 0 Å². The maximum atomic E-state index is 2.50. The molecule has 5 rings (SSSR count). The second-order valence-electron chi connectivity index (χ2n) is 10.5. The van der Waals surface area contributed by atoms with E-state index in [0.29, 0.717) is 11.8 Å². The second-order valence-corrected chi connectivity index (χ2v) is 10.5. The van der Waals surface area contributed by atoms with E-state index in [1.165, 1.54) is 27.8 Å². The van der Waals surface area contributed by atoms with Crippen LogP contribution in [0.1, 0.15) is 102 Å². The Hall–Kier alpha value is -0.938. The Morgan fingerprint density at radius 1 is 0.610 bits per heavy atom. The van der Waals surface area contributed by atoms with E-state index < -0.39 is 0 Å². The van der Waals surface area contributed by atoms with Gasteiger partial charge in [-0.3, -0.25) is 0 Å². The Kier molecular flexibility index (Phi) is 21.5. The van der Waals surface area contributed by atoms with Crippen molar-refractivity contribution >= 4 is 11.1 Å². The molecular formula is C39H55WY. The van der Waals surface area contributed by atoms with E-state index in [-0.39, 0.29) is 68.6 Å². The van der Waals surface area contributed by atoms with Gasteiger partial charge in [-0.05, 0) is 89.3 Å². The first kappa shape index (κ1) is 42.2. The first-order chi connectivity index (χ1) is 18.0. The number of allylic oxidation sites excluding steroid dienone is 8. The molecule has 0 saturated carbocycles. The Labute approximate surface area is 294 Å². The Morgan fingerprint density at radius 3 is 1.49 bits per heavy atom. The van der Waals surface area contributed by atoms with E-state index in [0.717, 1.165) is 38.5 Å². The van der Waals surface area contributed by atoms with Crippen molar-refractivity contribution in [1.29, 1.82) is 0 Å². The Bertz CT molecular complexity index is 1190. The number of hydrogen-bond acceptors (Lipinski definition) is 0. The minimum atomic E-state index is 0. The fourth-order valence-corrected chi connectivity index (χ4v) is 5.57. The zero-order valence-electron chi connectivity index (χ0n) is 27.7. The third-order valence-electron chi connectivity index (χ3n) is 8.22. The fourth-order valence-electron chi connectivity index (χ4n) is 5.57. The van der Waals surface area contributed by atoms with Gasteiger partial charge in [-0.25, -0.2) is 18.1 Å². The summed E-state index contributed by atoms with van der Waals surface area (Å²) >= 11 is 0. The molecule has 0 saturated heterocycles. The summed E-state index contributed by atoms with van der Waals surface area (Å²) in [7, 11) is 0. The molecule has 3 aliphatic carbocycles. The van der Waals surface area contributed by atoms with Gasteiger partial charge in [0.2, 0.25) is 0 Å². The van der Waals surface area contributed by atoms with E-state index in [1.807, 2.05) is 27.7 Å². The van der Waals surface area contributed by atoms with Gasteiger partial charge >= 0.3 is 32.7 Å². The predicted molar refractivity (Wildman–Crippen MR) is 179 cm³/mol. The molecule has 3 aliphatic rings. The first-order valence-electron chi connectivity index (χ1n) is 14.8. The van der Waals surface area contributed by atoms with Crippen LogP contribution in [0.5, 0.6) is 0 Å². The van der Waals surface area contributed by atoms with E-state index in [9.17, 15) is 0 Å². The van der Waals surface area contributed by atoms with Crippen LogP contribution in [0, 0.1) is 33.1 Å². The van der Waals surface area contributed by atoms with Crippen LogP contribution >= 0.6 is 0 Å². The monoisotopic (exact) mass is 796 g/mol. The zero-order chi connectivity index (χ0) is 26.9. The number of aryl methyl sites for hydroxylation is 4. The molecule has 2 aromatic carbocycles. The van der Waals surface area contributed by atoms with Crippen molar-refractivity contribution in [3.05, 3.63) is 127 Å². The first-order valence-corrected chi connectivity index (χ1v) is 14.8. The molecule has 1 unspecified atom stereocenters. The summed E-state index contributed by atoms with van der Waals surface area (Å²) in [5.41, 5.74) is 15.0. The quantitative estimate of drug-likeness (QED) is 0.265. The van der Waals surface area contributed by atoms with Gasteiger partial charge in [0.05, 0.1) is 0 Å². The summed E-state index contributed by atoms with van der Waals surface area (Å²) in [6, 6.07) is 14.5. The average molecular weight is 797 g/mol. The van der Waals surface area contributed by atoms with Crippen LogP contribution in [0.4, 0.5) is 0 Å². The Morgan fingerprint density at radius 2 is 1.05 bits per heavy atom. The van der Waals surface area contributed by atoms with Crippen molar-refractivity contribution in [2.24, 2.45) is 11.8 Å². The van der Waals surface area contributed by atoms with Crippen molar-refractivity contribution in [2.75, 3.05) is 0 Å². The SMILES string of the molecule is CC.CC.C[CH-]C1=CC=C(c2ccc3c(c2)CCc2ccc(C4=CC=C(C(C)C(C)C)C4)cc2CC3)C1.[CH3-].[CH3-].[W].[Y+3]. The summed E-state index contributed by atoms with van der Waals surface area (Å²) in [4.78, 5) is 0. The van der Waals surface area contributed by atoms with Crippen LogP contribution in [0.25, 0.3) is 11.1 Å². The fraction of sp³-hybridized carbons (Fsp3) is 0.410. The third kappa shape index (κ3) is 10.6. The maximum Gasteiger partial charge on any atom is 3.00 e. The van der Waals surface area contributed by atoms with Gasteiger partial charge in [0.1, 0.15) is 0 Å². The van der Waals surface area contributed by atoms with Crippen LogP contribution in [0.15, 0.2) is 71.8 Å². The predicted octanol–water partition coefficient (Wildman–Crippen LogP) is 11.5. The van der Waals surface area contributed by atoms with Crippen molar-refractivity contribution < 1.29 is 53.8 Å². The molecular weight excluding hydrogens is 741 g/mol. The van der Waals surface area contributed by atoms with Crippen LogP contribution in [-0.4, -0.2) is 0 Å². The maximum absolute atomic E-state index is 2.50. The van der Waals surface area contributed by atoms with Gasteiger partial charge in [0, 0.05) is 21.1 Å². The van der Waals surface area contributed by atoms with E-state index in [1.54, 1.807) is 27.8 Å². The molecule has 0 bridgehead atoms. The van der Waals surface area contributed by atoms with E-state index in [4.69, 9.17) is 0 Å². The topological polar surface area (TPSA) is 0 Å². The van der Waals surface area contributed by atoms with Crippen molar-refractivity contribution in [3.63, 3.8) is 0 Å². The zero-order valence-corrected chi connectivity index (χ0v) is 33.5. The van der Waals surface area contributed by atoms with Gasteiger partial charge in [0.25, 0.3) is 0 Å². The summed E-state index contributed by atoms with van der Waals surface area (Å²) in [5.74, 6) is 1.36. The number of hydrogen-bond donors (Lipinski definition) is 0. The van der Waals surface area contributed by atoms with Crippen LogP contribution in [0.3, 0.4) is 0 Å². The van der Waals surface area contributed by atoms with Gasteiger partial charge in [-0.15, -0.1) is 13.0 Å². The van der Waals surface area contributed by atoms with E-state index in [2.05, 4.69) is 94.8 Å². The smallest absolute Gasteiger partial charge is 0.358 e. The molecule has 41 heavy (non-hydrogen) atoms. The molecule has 0 spiro atoms. The van der Waals surface area contributed by atoms with Crippen molar-refractivity contribution in [1.82, 2.24) is 0 Å². The minimum absolute atomic E-state index is 0. The summed E-state index contributed by atoms with van der Waals surface area (Å²) < 4.78 is 0. The number of benzene rings is 2. The molecule has 2 aromatic rings. The number of fused-ring (bicyclic) bond motifs is 2. The van der Waals surface area contributed by atoms with Gasteiger partial charge < -0.3 is 14.9 Å². The molecule has 0 aliphatic heterocycles. The molecule has 220 valence electrons. The van der Waals surface area contributed by atoms with E-state index >= 15 is 0 Å². The third-order valence-corrected chi connectivity index (χ3v) is 8.22. The molecule has 0 nitrogen and oxygen atoms in total. The summed E-state index contributed by atoms with van der Waals surface area (Å²) in [6.45, 7) is 17.2. The molecule has 0 fully saturated rings. The van der Waals surface area contributed by atoms with Gasteiger partial charge in [-0.1, -0.05) is 108 Å². The molecule has 0 amide bonds. The molecule has 0 heterocycles. The van der Waals surface area contributed by atoms with Gasteiger partial charge in [0.15, 0.2) is 0 Å². The molecule has 2 heteroatoms. The molecule has 0 N–H and O–H groups in total. The van der Waals surface area contributed by atoms with Crippen molar-refractivity contribution in [2.45, 2.75) is 93.9 Å². The standard InChI is InChI=1S/C33H37.2C2H6.2CH3.W.Y/c1-5-24-6-7-28(18-24)32-15-10-25-9-14-30-21-33(16-11-26(30)8-13-29(25)20-32)31-17-12-27(19-31)23(4)22(2)3;2*1-2;;;;/h5-7,10-12,15-17,20-23H,8-9,13-14,18-19H2,1-4H3;2*1-2H3;2*1H3;;/q-1;;;2*-1;;+3. The largest absolute Gasteiger partial charge is 3.00 e. The minimum Gasteiger partial charge on any atom is -0.358 e. The second kappa shape index (κ2) is 20.9. The van der Waals surface area contributed by atoms with Crippen LogP contribution in [0.2, 0.25) is 0 Å². The van der Waals surface area contributed by atoms with Gasteiger partial charge in [-0.2, -0.15) is 0 Å². The molecule has 0 aromatic heterocycles. The van der Waals surface area contributed by atoms with Crippen LogP contribution < -0.4 is 0 Å². The average Bonchev–Trinajstić information content (AvgIpc) is 3.62. The molecule has 0 radical (unpaired) electrons. The summed E-state index contributed by atoms with van der Waals surface area (Å²) in [6.07, 6.45) is 18.3. The molecule has 1 atom stereocenters. The normalized spacial score (nSPS) is 15.1. The number of rotatable bonds is 5. The van der Waals surface area contributed by atoms with Crippen LogP contribution in [-0.2, 0) is 79.5 Å².